The first-order valence-corrected chi connectivity index (χ1v) is 8.61. The Kier molecular flexibility index (Phi) is 4.19. The number of carbonyl (C=O) groups excluding carboxylic acids is 1. The van der Waals surface area contributed by atoms with Gasteiger partial charge in [0.15, 0.2) is 0 Å². The Bertz CT molecular complexity index is 1090. The molecule has 5 heteroatoms. The molecular weight excluding hydrogens is 346 g/mol. The van der Waals surface area contributed by atoms with Gasteiger partial charge in [0.05, 0.1) is 0 Å². The fraction of sp³-hybridized carbons (Fsp3) is 0.0476. The molecule has 4 nitrogen and oxygen atoms in total. The number of pyridine rings is 1. The van der Waals surface area contributed by atoms with Gasteiger partial charge in [0.25, 0.3) is 5.91 Å². The normalized spacial score (nSPS) is 10.8. The van der Waals surface area contributed by atoms with Crippen molar-refractivity contribution in [3.8, 4) is 11.3 Å². The predicted octanol–water partition coefficient (Wildman–Crippen LogP) is 5.22. The number of hydrogen-bond donors (Lipinski definition) is 1. The van der Waals surface area contributed by atoms with E-state index < -0.39 is 0 Å². The highest BCUT2D eigenvalue weighted by molar-refractivity contribution is 6.30. The van der Waals surface area contributed by atoms with Crippen molar-refractivity contribution in [1.82, 2.24) is 9.38 Å². The van der Waals surface area contributed by atoms with Crippen LogP contribution < -0.4 is 5.32 Å². The highest BCUT2D eigenvalue weighted by Crippen LogP contribution is 2.30. The molecule has 0 fully saturated rings. The Hall–Kier alpha value is -3.11. The van der Waals surface area contributed by atoms with E-state index in [2.05, 4.69) is 5.32 Å². The fourth-order valence-corrected chi connectivity index (χ4v) is 3.03. The topological polar surface area (TPSA) is 46.4 Å². The van der Waals surface area contributed by atoms with Crippen molar-refractivity contribution in [1.29, 1.82) is 0 Å². The zero-order valence-corrected chi connectivity index (χ0v) is 14.9. The number of benzene rings is 2. The predicted molar refractivity (Wildman–Crippen MR) is 105 cm³/mol. The number of rotatable bonds is 3. The Morgan fingerprint density at radius 3 is 2.46 bits per heavy atom. The van der Waals surface area contributed by atoms with E-state index in [-0.39, 0.29) is 5.91 Å². The second kappa shape index (κ2) is 6.65. The number of carbonyl (C=O) groups is 1. The number of halogens is 1. The molecule has 4 rings (SSSR count). The molecule has 1 N–H and O–H groups in total. The SMILES string of the molecule is Cc1cccn2c(NC(=O)c3ccc(Cl)cc3)c(-c3ccccc3)nc12. The minimum absolute atomic E-state index is 0.206. The number of anilines is 1. The quantitative estimate of drug-likeness (QED) is 0.544. The summed E-state index contributed by atoms with van der Waals surface area (Å²) in [6.07, 6.45) is 1.90. The monoisotopic (exact) mass is 361 g/mol. The lowest BCUT2D eigenvalue weighted by Crippen LogP contribution is -2.14. The van der Waals surface area contributed by atoms with Gasteiger partial charge in [-0.1, -0.05) is 48.0 Å². The average molecular weight is 362 g/mol. The number of aryl methyl sites for hydroxylation is 1. The molecule has 2 aromatic carbocycles. The van der Waals surface area contributed by atoms with Gasteiger partial charge in [-0.15, -0.1) is 0 Å². The smallest absolute Gasteiger partial charge is 0.256 e. The molecule has 0 saturated heterocycles. The standard InChI is InChI=1S/C21H16ClN3O/c1-14-6-5-13-25-19(14)23-18(15-7-3-2-4-8-15)20(25)24-21(26)16-9-11-17(22)12-10-16/h2-13H,1H3,(H,24,26). The van der Waals surface area contributed by atoms with Gasteiger partial charge in [-0.05, 0) is 42.8 Å². The largest absolute Gasteiger partial charge is 0.306 e. The second-order valence-corrected chi connectivity index (χ2v) is 6.46. The molecule has 26 heavy (non-hydrogen) atoms. The third kappa shape index (κ3) is 2.95. The highest BCUT2D eigenvalue weighted by Gasteiger charge is 2.18. The lowest BCUT2D eigenvalue weighted by molar-refractivity contribution is 0.102. The first-order chi connectivity index (χ1) is 12.6. The number of imidazole rings is 1. The summed E-state index contributed by atoms with van der Waals surface area (Å²) >= 11 is 5.91. The van der Waals surface area contributed by atoms with Gasteiger partial charge in [0.1, 0.15) is 17.2 Å². The van der Waals surface area contributed by atoms with Crippen LogP contribution in [0.1, 0.15) is 15.9 Å². The van der Waals surface area contributed by atoms with Crippen molar-refractivity contribution < 1.29 is 4.79 Å². The first-order valence-electron chi connectivity index (χ1n) is 8.23. The number of fused-ring (bicyclic) bond motifs is 1. The van der Waals surface area contributed by atoms with E-state index in [9.17, 15) is 4.79 Å². The molecule has 0 saturated carbocycles. The van der Waals surface area contributed by atoms with Gasteiger partial charge in [0.2, 0.25) is 0 Å². The Morgan fingerprint density at radius 1 is 1.00 bits per heavy atom. The van der Waals surface area contributed by atoms with Crippen LogP contribution in [-0.2, 0) is 0 Å². The Labute approximate surface area is 156 Å². The van der Waals surface area contributed by atoms with Gasteiger partial charge < -0.3 is 5.32 Å². The molecule has 0 spiro atoms. The molecular formula is C21H16ClN3O. The maximum Gasteiger partial charge on any atom is 0.256 e. The molecule has 0 aliphatic heterocycles. The van der Waals surface area contributed by atoms with E-state index >= 15 is 0 Å². The third-order valence-electron chi connectivity index (χ3n) is 4.23. The van der Waals surface area contributed by atoms with E-state index in [0.717, 1.165) is 22.5 Å². The lowest BCUT2D eigenvalue weighted by Gasteiger charge is -2.08. The van der Waals surface area contributed by atoms with Crippen LogP contribution in [0.25, 0.3) is 16.9 Å². The van der Waals surface area contributed by atoms with Crippen molar-refractivity contribution in [2.75, 3.05) is 5.32 Å². The molecule has 0 aliphatic rings. The van der Waals surface area contributed by atoms with Crippen LogP contribution >= 0.6 is 11.6 Å². The fourth-order valence-electron chi connectivity index (χ4n) is 2.90. The zero-order chi connectivity index (χ0) is 18.1. The van der Waals surface area contributed by atoms with Gasteiger partial charge >= 0.3 is 0 Å². The lowest BCUT2D eigenvalue weighted by atomic mass is 10.1. The average Bonchev–Trinajstić information content (AvgIpc) is 3.03. The summed E-state index contributed by atoms with van der Waals surface area (Å²) in [6, 6.07) is 20.6. The van der Waals surface area contributed by atoms with E-state index in [1.54, 1.807) is 24.3 Å². The van der Waals surface area contributed by atoms with E-state index in [1.165, 1.54) is 0 Å². The summed E-state index contributed by atoms with van der Waals surface area (Å²) in [5.74, 6) is 0.442. The van der Waals surface area contributed by atoms with Gasteiger partial charge in [0, 0.05) is 22.3 Å². The van der Waals surface area contributed by atoms with Crippen molar-refractivity contribution in [3.05, 3.63) is 89.1 Å². The minimum atomic E-state index is -0.206. The van der Waals surface area contributed by atoms with Gasteiger partial charge in [-0.3, -0.25) is 9.20 Å². The number of nitrogens with one attached hydrogen (secondary N) is 1. The third-order valence-corrected chi connectivity index (χ3v) is 4.48. The van der Waals surface area contributed by atoms with Crippen LogP contribution in [0.2, 0.25) is 5.02 Å². The first kappa shape index (κ1) is 16.4. The molecule has 128 valence electrons. The van der Waals surface area contributed by atoms with Gasteiger partial charge in [-0.25, -0.2) is 4.98 Å². The molecule has 2 aromatic heterocycles. The maximum absolute atomic E-state index is 12.7. The molecule has 0 bridgehead atoms. The Balaban J connectivity index is 1.83. The molecule has 0 unspecified atom stereocenters. The summed E-state index contributed by atoms with van der Waals surface area (Å²) in [5, 5.41) is 3.61. The van der Waals surface area contributed by atoms with Crippen molar-refractivity contribution in [2.24, 2.45) is 0 Å². The molecule has 0 aliphatic carbocycles. The summed E-state index contributed by atoms with van der Waals surface area (Å²) in [5.41, 5.74) is 4.08. The van der Waals surface area contributed by atoms with E-state index in [0.29, 0.717) is 16.4 Å². The van der Waals surface area contributed by atoms with Crippen molar-refractivity contribution in [2.45, 2.75) is 6.92 Å². The number of amides is 1. The van der Waals surface area contributed by atoms with Crippen LogP contribution in [0.3, 0.4) is 0 Å². The second-order valence-electron chi connectivity index (χ2n) is 6.02. The van der Waals surface area contributed by atoms with Crippen LogP contribution in [0.5, 0.6) is 0 Å². The molecule has 2 heterocycles. The molecule has 1 amide bonds. The van der Waals surface area contributed by atoms with Crippen LogP contribution in [0.4, 0.5) is 5.82 Å². The number of aromatic nitrogens is 2. The minimum Gasteiger partial charge on any atom is -0.306 e. The van der Waals surface area contributed by atoms with E-state index in [1.807, 2.05) is 60.0 Å². The summed E-state index contributed by atoms with van der Waals surface area (Å²) in [6.45, 7) is 2.00. The maximum atomic E-state index is 12.7. The molecule has 0 atom stereocenters. The van der Waals surface area contributed by atoms with Crippen molar-refractivity contribution >= 4 is 29.0 Å². The van der Waals surface area contributed by atoms with Crippen molar-refractivity contribution in [3.63, 3.8) is 0 Å². The summed E-state index contributed by atoms with van der Waals surface area (Å²) < 4.78 is 1.91. The summed E-state index contributed by atoms with van der Waals surface area (Å²) in [7, 11) is 0. The van der Waals surface area contributed by atoms with Gasteiger partial charge in [-0.2, -0.15) is 0 Å². The zero-order valence-electron chi connectivity index (χ0n) is 14.1. The highest BCUT2D eigenvalue weighted by atomic mass is 35.5. The molecule has 4 aromatic rings. The number of hydrogen-bond acceptors (Lipinski definition) is 2. The van der Waals surface area contributed by atoms with E-state index in [4.69, 9.17) is 16.6 Å². The van der Waals surface area contributed by atoms with Crippen LogP contribution in [0.15, 0.2) is 72.9 Å². The summed E-state index contributed by atoms with van der Waals surface area (Å²) in [4.78, 5) is 17.5. The number of nitrogens with zero attached hydrogens (tertiary/aromatic N) is 2. The molecule has 0 radical (unpaired) electrons. The van der Waals surface area contributed by atoms with Crippen LogP contribution in [0, 0.1) is 6.92 Å². The van der Waals surface area contributed by atoms with Crippen LogP contribution in [-0.4, -0.2) is 15.3 Å². The Morgan fingerprint density at radius 2 is 1.73 bits per heavy atom.